The van der Waals surface area contributed by atoms with Gasteiger partial charge in [-0.3, -0.25) is 0 Å². The highest BCUT2D eigenvalue weighted by molar-refractivity contribution is 9.09. The van der Waals surface area contributed by atoms with Crippen LogP contribution in [0.25, 0.3) is 0 Å². The monoisotopic (exact) mass is 331 g/mol. The van der Waals surface area contributed by atoms with Crippen LogP contribution in [0.3, 0.4) is 0 Å². The first-order chi connectivity index (χ1) is 8.69. The molecule has 0 saturated carbocycles. The van der Waals surface area contributed by atoms with E-state index in [9.17, 15) is 0 Å². The first-order valence-electron chi connectivity index (χ1n) is 6.46. The van der Waals surface area contributed by atoms with Gasteiger partial charge in [0.2, 0.25) is 0 Å². The topological polar surface area (TPSA) is 39.9 Å². The number of ether oxygens (including phenoxy) is 1. The van der Waals surface area contributed by atoms with E-state index in [1.165, 1.54) is 12.2 Å². The quantitative estimate of drug-likeness (QED) is 0.781. The van der Waals surface area contributed by atoms with Crippen LogP contribution >= 0.6 is 27.7 Å². The molecule has 2 aliphatic heterocycles. The molecule has 3 unspecified atom stereocenters. The maximum Gasteiger partial charge on any atom is 0.0960 e. The molecular weight excluding hydrogens is 314 g/mol. The highest BCUT2D eigenvalue weighted by atomic mass is 79.9. The van der Waals surface area contributed by atoms with Crippen molar-refractivity contribution in [2.75, 3.05) is 18.1 Å². The molecule has 1 aromatic heterocycles. The molecule has 18 heavy (non-hydrogen) atoms. The minimum absolute atomic E-state index is 0.111. The van der Waals surface area contributed by atoms with Crippen molar-refractivity contribution in [3.63, 3.8) is 0 Å². The average Bonchev–Trinajstić information content (AvgIpc) is 2.98. The zero-order valence-corrected chi connectivity index (χ0v) is 12.9. The normalized spacial score (nSPS) is 34.0. The molecule has 3 heterocycles. The summed E-state index contributed by atoms with van der Waals surface area (Å²) in [6, 6.07) is 0.449. The van der Waals surface area contributed by atoms with Gasteiger partial charge in [-0.05, 0) is 31.9 Å². The van der Waals surface area contributed by atoms with Crippen LogP contribution in [0.2, 0.25) is 0 Å². The Morgan fingerprint density at radius 3 is 3.22 bits per heavy atom. The molecule has 0 aliphatic carbocycles. The highest BCUT2D eigenvalue weighted by Crippen LogP contribution is 2.41. The first kappa shape index (κ1) is 12.9. The number of rotatable bonds is 2. The fourth-order valence-electron chi connectivity index (χ4n) is 2.74. The summed E-state index contributed by atoms with van der Waals surface area (Å²) >= 11 is 5.54. The lowest BCUT2D eigenvalue weighted by Crippen LogP contribution is -2.40. The van der Waals surface area contributed by atoms with Gasteiger partial charge in [-0.15, -0.1) is 5.10 Å². The van der Waals surface area contributed by atoms with Crippen molar-refractivity contribution in [1.29, 1.82) is 0 Å². The highest BCUT2D eigenvalue weighted by Gasteiger charge is 2.41. The van der Waals surface area contributed by atoms with Crippen LogP contribution in [-0.2, 0) is 4.74 Å². The fraction of sp³-hybridized carbons (Fsp3) is 0.833. The smallest absolute Gasteiger partial charge is 0.0960 e. The SMILES string of the molecule is CC(Br)c1cn(C2CCOC3(CCSC3)C2)nn1. The Kier molecular flexibility index (Phi) is 3.69. The summed E-state index contributed by atoms with van der Waals surface area (Å²) in [6.45, 7) is 2.93. The summed E-state index contributed by atoms with van der Waals surface area (Å²) in [4.78, 5) is 0.266. The van der Waals surface area contributed by atoms with Gasteiger partial charge in [0.15, 0.2) is 0 Å². The van der Waals surface area contributed by atoms with Crippen LogP contribution in [0.4, 0.5) is 0 Å². The van der Waals surface area contributed by atoms with E-state index in [2.05, 4.69) is 39.4 Å². The van der Waals surface area contributed by atoms with Gasteiger partial charge in [0, 0.05) is 18.6 Å². The molecule has 3 rings (SSSR count). The summed E-state index contributed by atoms with van der Waals surface area (Å²) in [7, 11) is 0. The van der Waals surface area contributed by atoms with Crippen molar-refractivity contribution >= 4 is 27.7 Å². The lowest BCUT2D eigenvalue weighted by atomic mass is 9.90. The Labute approximate surface area is 120 Å². The largest absolute Gasteiger partial charge is 0.374 e. The van der Waals surface area contributed by atoms with Crippen LogP contribution in [0.15, 0.2) is 6.20 Å². The Hall–Kier alpha value is -0.0700. The fourth-order valence-corrected chi connectivity index (χ4v) is 4.33. The predicted molar refractivity (Wildman–Crippen MR) is 76.3 cm³/mol. The third-order valence-corrected chi connectivity index (χ3v) is 5.54. The van der Waals surface area contributed by atoms with E-state index < -0.39 is 0 Å². The van der Waals surface area contributed by atoms with Gasteiger partial charge in [0.25, 0.3) is 0 Å². The lowest BCUT2D eigenvalue weighted by Gasteiger charge is -2.37. The molecule has 3 atom stereocenters. The van der Waals surface area contributed by atoms with Crippen molar-refractivity contribution in [3.05, 3.63) is 11.9 Å². The van der Waals surface area contributed by atoms with Crippen LogP contribution in [0.1, 0.15) is 42.7 Å². The van der Waals surface area contributed by atoms with E-state index in [4.69, 9.17) is 4.74 Å². The minimum atomic E-state index is 0.111. The average molecular weight is 332 g/mol. The number of aromatic nitrogens is 3. The second-order valence-corrected chi connectivity index (χ2v) is 7.70. The molecule has 0 bridgehead atoms. The Morgan fingerprint density at radius 1 is 1.67 bits per heavy atom. The number of hydrogen-bond donors (Lipinski definition) is 0. The van der Waals surface area contributed by atoms with Gasteiger partial charge in [0.05, 0.1) is 22.2 Å². The molecule has 0 amide bonds. The van der Waals surface area contributed by atoms with Crippen LogP contribution in [0.5, 0.6) is 0 Å². The predicted octanol–water partition coefficient (Wildman–Crippen LogP) is 2.96. The second-order valence-electron chi connectivity index (χ2n) is 5.22. The molecule has 0 radical (unpaired) electrons. The molecule has 2 saturated heterocycles. The molecule has 6 heteroatoms. The Balaban J connectivity index is 1.75. The minimum Gasteiger partial charge on any atom is -0.374 e. The van der Waals surface area contributed by atoms with Crippen LogP contribution < -0.4 is 0 Å². The Bertz CT molecular complexity index is 417. The van der Waals surface area contributed by atoms with E-state index in [1.54, 1.807) is 0 Å². The van der Waals surface area contributed by atoms with Crippen molar-refractivity contribution in [1.82, 2.24) is 15.0 Å². The van der Waals surface area contributed by atoms with E-state index in [-0.39, 0.29) is 10.4 Å². The molecule has 0 N–H and O–H groups in total. The number of hydrogen-bond acceptors (Lipinski definition) is 4. The van der Waals surface area contributed by atoms with Crippen molar-refractivity contribution in [2.45, 2.75) is 42.7 Å². The molecular formula is C12H18BrN3OS. The van der Waals surface area contributed by atoms with Crippen molar-refractivity contribution in [3.8, 4) is 0 Å². The third-order valence-electron chi connectivity index (χ3n) is 3.84. The number of thioether (sulfide) groups is 1. The maximum atomic E-state index is 6.04. The zero-order chi connectivity index (χ0) is 12.6. The summed E-state index contributed by atoms with van der Waals surface area (Å²) in [5.41, 5.74) is 1.12. The van der Waals surface area contributed by atoms with Crippen molar-refractivity contribution in [2.24, 2.45) is 0 Å². The summed E-state index contributed by atoms with van der Waals surface area (Å²) in [6.07, 6.45) is 5.39. The van der Waals surface area contributed by atoms with E-state index in [0.717, 1.165) is 30.9 Å². The number of halogens is 1. The first-order valence-corrected chi connectivity index (χ1v) is 8.53. The number of nitrogens with zero attached hydrogens (tertiary/aromatic N) is 3. The van der Waals surface area contributed by atoms with Gasteiger partial charge < -0.3 is 4.74 Å². The van der Waals surface area contributed by atoms with Gasteiger partial charge in [-0.1, -0.05) is 21.1 Å². The molecule has 100 valence electrons. The Morgan fingerprint density at radius 2 is 2.56 bits per heavy atom. The molecule has 2 fully saturated rings. The number of alkyl halides is 1. The molecule has 2 aliphatic rings. The van der Waals surface area contributed by atoms with E-state index >= 15 is 0 Å². The maximum absolute atomic E-state index is 6.04. The summed E-state index contributed by atoms with van der Waals surface area (Å²) in [5.74, 6) is 2.37. The second kappa shape index (κ2) is 5.13. The molecule has 0 aromatic carbocycles. The van der Waals surface area contributed by atoms with Gasteiger partial charge in [-0.2, -0.15) is 11.8 Å². The van der Waals surface area contributed by atoms with Gasteiger partial charge in [0.1, 0.15) is 0 Å². The van der Waals surface area contributed by atoms with Crippen LogP contribution in [-0.4, -0.2) is 38.7 Å². The zero-order valence-electron chi connectivity index (χ0n) is 10.5. The summed E-state index contributed by atoms with van der Waals surface area (Å²) < 4.78 is 8.08. The molecule has 4 nitrogen and oxygen atoms in total. The van der Waals surface area contributed by atoms with E-state index in [0.29, 0.717) is 6.04 Å². The lowest BCUT2D eigenvalue weighted by molar-refractivity contribution is -0.0780. The van der Waals surface area contributed by atoms with Gasteiger partial charge in [-0.25, -0.2) is 4.68 Å². The third kappa shape index (κ3) is 2.47. The van der Waals surface area contributed by atoms with Crippen molar-refractivity contribution < 1.29 is 4.74 Å². The van der Waals surface area contributed by atoms with Crippen LogP contribution in [0, 0.1) is 0 Å². The molecule has 1 spiro atoms. The summed E-state index contributed by atoms with van der Waals surface area (Å²) in [5, 5.41) is 8.52. The van der Waals surface area contributed by atoms with Gasteiger partial charge >= 0.3 is 0 Å². The molecule has 1 aromatic rings. The standard InChI is InChI=1S/C12H18BrN3OS/c1-9(13)11-7-16(15-14-11)10-2-4-17-12(6-10)3-5-18-8-12/h7,9-10H,2-6,8H2,1H3. The van der Waals surface area contributed by atoms with E-state index in [1.807, 2.05) is 16.4 Å².